The zero-order chi connectivity index (χ0) is 30.4. The summed E-state index contributed by atoms with van der Waals surface area (Å²) in [7, 11) is -4.14. The van der Waals surface area contributed by atoms with Gasteiger partial charge in [0, 0.05) is 17.6 Å². The summed E-state index contributed by atoms with van der Waals surface area (Å²) in [5.74, 6) is -0.672. The van der Waals surface area contributed by atoms with Crippen molar-refractivity contribution in [3.8, 4) is 0 Å². The van der Waals surface area contributed by atoms with Crippen molar-refractivity contribution >= 4 is 39.1 Å². The van der Waals surface area contributed by atoms with E-state index in [2.05, 4.69) is 5.32 Å². The first kappa shape index (κ1) is 31.6. The zero-order valence-electron chi connectivity index (χ0n) is 24.8. The molecule has 1 unspecified atom stereocenters. The van der Waals surface area contributed by atoms with Crippen molar-refractivity contribution in [1.82, 2.24) is 10.2 Å². The average molecular weight is 610 g/mol. The van der Waals surface area contributed by atoms with Crippen LogP contribution < -0.4 is 9.62 Å². The summed E-state index contributed by atoms with van der Waals surface area (Å²) in [6, 6.07) is 18.6. The number of nitrogens with one attached hydrogen (secondary N) is 1. The van der Waals surface area contributed by atoms with Gasteiger partial charge in [-0.3, -0.25) is 13.9 Å². The van der Waals surface area contributed by atoms with Crippen LogP contribution in [0.2, 0.25) is 5.02 Å². The third kappa shape index (κ3) is 7.53. The highest BCUT2D eigenvalue weighted by atomic mass is 35.5. The molecular weight excluding hydrogens is 570 g/mol. The molecule has 0 aromatic heterocycles. The van der Waals surface area contributed by atoms with Crippen molar-refractivity contribution in [2.75, 3.05) is 10.8 Å². The van der Waals surface area contributed by atoms with Crippen LogP contribution in [0.15, 0.2) is 71.6 Å². The second-order valence-electron chi connectivity index (χ2n) is 11.2. The SMILES string of the molecule is CCC(C(=O)NC1CCCC1)N(Cc1ccc(C)cc1)C(=O)CN(c1ccc(Cl)cc1C)S(=O)(=O)c1ccc(C)cc1. The Bertz CT molecular complexity index is 1500. The highest BCUT2D eigenvalue weighted by Gasteiger charge is 2.35. The number of sulfonamides is 1. The molecule has 1 fully saturated rings. The minimum atomic E-state index is -4.14. The summed E-state index contributed by atoms with van der Waals surface area (Å²) in [4.78, 5) is 29.4. The van der Waals surface area contributed by atoms with E-state index in [1.807, 2.05) is 45.0 Å². The van der Waals surface area contributed by atoms with Gasteiger partial charge < -0.3 is 10.2 Å². The summed E-state index contributed by atoms with van der Waals surface area (Å²) in [5, 5.41) is 3.61. The Kier molecular flexibility index (Phi) is 10.3. The van der Waals surface area contributed by atoms with E-state index in [-0.39, 0.29) is 23.4 Å². The van der Waals surface area contributed by atoms with E-state index in [1.165, 1.54) is 4.90 Å². The predicted octanol–water partition coefficient (Wildman–Crippen LogP) is 6.33. The van der Waals surface area contributed by atoms with Crippen LogP contribution in [-0.4, -0.2) is 43.8 Å². The van der Waals surface area contributed by atoms with Gasteiger partial charge in [-0.2, -0.15) is 0 Å². The second-order valence-corrected chi connectivity index (χ2v) is 13.5. The van der Waals surface area contributed by atoms with E-state index in [1.54, 1.807) is 49.4 Å². The molecule has 3 aromatic rings. The first-order chi connectivity index (χ1) is 20.0. The first-order valence-corrected chi connectivity index (χ1v) is 16.3. The van der Waals surface area contributed by atoms with Crippen LogP contribution in [0, 0.1) is 20.8 Å². The molecule has 1 N–H and O–H groups in total. The Balaban J connectivity index is 1.73. The number of amides is 2. The number of halogens is 1. The molecule has 0 bridgehead atoms. The lowest BCUT2D eigenvalue weighted by Gasteiger charge is -2.34. The molecule has 0 heterocycles. The molecule has 0 saturated heterocycles. The van der Waals surface area contributed by atoms with Gasteiger partial charge in [-0.25, -0.2) is 8.42 Å². The molecule has 0 radical (unpaired) electrons. The fraction of sp³-hybridized carbons (Fsp3) is 0.394. The number of carbonyl (C=O) groups excluding carboxylic acids is 2. The molecule has 7 nitrogen and oxygen atoms in total. The third-order valence-corrected chi connectivity index (χ3v) is 9.89. The van der Waals surface area contributed by atoms with Gasteiger partial charge in [0.1, 0.15) is 12.6 Å². The maximum atomic E-state index is 14.3. The van der Waals surface area contributed by atoms with Crippen molar-refractivity contribution in [2.45, 2.75) is 83.3 Å². The van der Waals surface area contributed by atoms with Crippen LogP contribution in [0.1, 0.15) is 61.3 Å². The van der Waals surface area contributed by atoms with Crippen LogP contribution in [0.4, 0.5) is 5.69 Å². The quantitative estimate of drug-likeness (QED) is 0.275. The fourth-order valence-corrected chi connectivity index (χ4v) is 7.13. The first-order valence-electron chi connectivity index (χ1n) is 14.5. The minimum absolute atomic E-state index is 0.0753. The largest absolute Gasteiger partial charge is 0.352 e. The molecule has 0 aliphatic heterocycles. The van der Waals surface area contributed by atoms with Crippen LogP contribution >= 0.6 is 11.6 Å². The molecule has 1 atom stereocenters. The molecule has 3 aromatic carbocycles. The van der Waals surface area contributed by atoms with Gasteiger partial charge in [-0.1, -0.05) is 78.9 Å². The number of carbonyl (C=O) groups is 2. The molecule has 9 heteroatoms. The van der Waals surface area contributed by atoms with Gasteiger partial charge in [0.05, 0.1) is 10.6 Å². The Labute approximate surface area is 254 Å². The van der Waals surface area contributed by atoms with Gasteiger partial charge in [0.15, 0.2) is 0 Å². The molecule has 4 rings (SSSR count). The van der Waals surface area contributed by atoms with Crippen LogP contribution in [0.25, 0.3) is 0 Å². The van der Waals surface area contributed by atoms with Crippen molar-refractivity contribution in [2.24, 2.45) is 0 Å². The number of anilines is 1. The molecule has 224 valence electrons. The Morgan fingerprint density at radius 3 is 2.10 bits per heavy atom. The predicted molar refractivity (Wildman–Crippen MR) is 168 cm³/mol. The van der Waals surface area contributed by atoms with Gasteiger partial charge in [0.2, 0.25) is 11.8 Å². The fourth-order valence-electron chi connectivity index (χ4n) is 5.43. The van der Waals surface area contributed by atoms with Crippen LogP contribution in [0.3, 0.4) is 0 Å². The molecular formula is C33H40ClN3O4S. The lowest BCUT2D eigenvalue weighted by atomic mass is 10.1. The Morgan fingerprint density at radius 1 is 0.929 bits per heavy atom. The Morgan fingerprint density at radius 2 is 1.52 bits per heavy atom. The summed E-state index contributed by atoms with van der Waals surface area (Å²) in [6.07, 6.45) is 4.37. The van der Waals surface area contributed by atoms with E-state index < -0.39 is 28.5 Å². The van der Waals surface area contributed by atoms with Crippen molar-refractivity contribution in [1.29, 1.82) is 0 Å². The molecule has 2 amide bonds. The number of hydrogen-bond donors (Lipinski definition) is 1. The number of benzene rings is 3. The van der Waals surface area contributed by atoms with E-state index in [9.17, 15) is 18.0 Å². The molecule has 1 saturated carbocycles. The normalized spacial score (nSPS) is 14.4. The second kappa shape index (κ2) is 13.7. The standard InChI is InChI=1S/C33H40ClN3O4S/c1-5-30(33(39)35-28-8-6-7-9-28)36(21-26-14-10-23(2)11-15-26)32(38)22-37(31-19-16-27(34)20-25(31)4)42(40,41)29-17-12-24(3)13-18-29/h10-20,28,30H,5-9,21-22H2,1-4H3,(H,35,39). The zero-order valence-corrected chi connectivity index (χ0v) is 26.3. The van der Waals surface area contributed by atoms with Crippen LogP contribution in [-0.2, 0) is 26.2 Å². The maximum absolute atomic E-state index is 14.3. The van der Waals surface area contributed by atoms with E-state index in [4.69, 9.17) is 11.6 Å². The molecule has 0 spiro atoms. The van der Waals surface area contributed by atoms with E-state index in [0.717, 1.165) is 46.7 Å². The summed E-state index contributed by atoms with van der Waals surface area (Å²) in [5.41, 5.74) is 3.82. The summed E-state index contributed by atoms with van der Waals surface area (Å²) >= 11 is 6.21. The van der Waals surface area contributed by atoms with E-state index >= 15 is 0 Å². The number of nitrogens with zero attached hydrogens (tertiary/aromatic N) is 2. The topological polar surface area (TPSA) is 86.8 Å². The number of rotatable bonds is 11. The summed E-state index contributed by atoms with van der Waals surface area (Å²) in [6.45, 7) is 7.20. The number of hydrogen-bond acceptors (Lipinski definition) is 4. The average Bonchev–Trinajstić information content (AvgIpc) is 3.46. The van der Waals surface area contributed by atoms with Crippen molar-refractivity contribution in [3.63, 3.8) is 0 Å². The molecule has 1 aliphatic carbocycles. The van der Waals surface area contributed by atoms with Gasteiger partial charge in [-0.05, 0) is 81.5 Å². The van der Waals surface area contributed by atoms with Gasteiger partial charge >= 0.3 is 0 Å². The van der Waals surface area contributed by atoms with Crippen molar-refractivity contribution < 1.29 is 18.0 Å². The molecule has 1 aliphatic rings. The number of aryl methyl sites for hydroxylation is 3. The third-order valence-electron chi connectivity index (χ3n) is 7.88. The minimum Gasteiger partial charge on any atom is -0.352 e. The van der Waals surface area contributed by atoms with Crippen LogP contribution in [0.5, 0.6) is 0 Å². The highest BCUT2D eigenvalue weighted by Crippen LogP contribution is 2.30. The monoisotopic (exact) mass is 609 g/mol. The lowest BCUT2D eigenvalue weighted by molar-refractivity contribution is -0.140. The maximum Gasteiger partial charge on any atom is 0.264 e. The summed E-state index contributed by atoms with van der Waals surface area (Å²) < 4.78 is 29.3. The Hall–Kier alpha value is -3.36. The highest BCUT2D eigenvalue weighted by molar-refractivity contribution is 7.92. The van der Waals surface area contributed by atoms with Gasteiger partial charge in [0.25, 0.3) is 10.0 Å². The van der Waals surface area contributed by atoms with E-state index in [0.29, 0.717) is 22.7 Å². The van der Waals surface area contributed by atoms with Crippen molar-refractivity contribution in [3.05, 3.63) is 94.0 Å². The van der Waals surface area contributed by atoms with Gasteiger partial charge in [-0.15, -0.1) is 0 Å². The lowest BCUT2D eigenvalue weighted by Crippen LogP contribution is -2.53. The molecule has 42 heavy (non-hydrogen) atoms. The smallest absolute Gasteiger partial charge is 0.264 e.